The van der Waals surface area contributed by atoms with Crippen LogP contribution in [0.5, 0.6) is 0 Å². The monoisotopic (exact) mass is 379 g/mol. The minimum Gasteiger partial charge on any atom is -0.365 e. The Hall–Kier alpha value is -3.53. The van der Waals surface area contributed by atoms with Gasteiger partial charge in [0.15, 0.2) is 0 Å². The average molecular weight is 379 g/mol. The Balaban J connectivity index is 1.55. The first-order valence-corrected chi connectivity index (χ1v) is 9.00. The summed E-state index contributed by atoms with van der Waals surface area (Å²) in [5.41, 5.74) is 13.2. The van der Waals surface area contributed by atoms with Crippen molar-refractivity contribution in [3.63, 3.8) is 0 Å². The summed E-state index contributed by atoms with van der Waals surface area (Å²) in [6, 6.07) is 7.46. The lowest BCUT2D eigenvalue weighted by molar-refractivity contribution is 0.100. The van der Waals surface area contributed by atoms with E-state index in [0.717, 1.165) is 5.69 Å². The molecule has 6 N–H and O–H groups in total. The second-order valence-electron chi connectivity index (χ2n) is 6.70. The molecule has 28 heavy (non-hydrogen) atoms. The molecule has 10 nitrogen and oxygen atoms in total. The number of amides is 1. The molecular formula is C18H21N9O. The zero-order valence-corrected chi connectivity index (χ0v) is 15.1. The molecule has 0 radical (unpaired) electrons. The van der Waals surface area contributed by atoms with Gasteiger partial charge in [-0.15, -0.1) is 0 Å². The van der Waals surface area contributed by atoms with Crippen LogP contribution < -0.4 is 22.1 Å². The third-order valence-corrected chi connectivity index (χ3v) is 4.54. The number of hydrogen-bond acceptors (Lipinski definition) is 8. The minimum atomic E-state index is -0.617. The van der Waals surface area contributed by atoms with Gasteiger partial charge in [-0.05, 0) is 37.0 Å². The highest BCUT2D eigenvalue weighted by Crippen LogP contribution is 2.31. The number of primary amides is 1. The lowest BCUT2D eigenvalue weighted by Crippen LogP contribution is -2.31. The Morgan fingerprint density at radius 3 is 2.79 bits per heavy atom. The minimum absolute atomic E-state index is 0.0640. The van der Waals surface area contributed by atoms with Crippen molar-refractivity contribution in [3.8, 4) is 5.69 Å². The molecule has 4 rings (SSSR count). The molecule has 0 saturated heterocycles. The number of benzene rings is 1. The van der Waals surface area contributed by atoms with E-state index in [1.54, 1.807) is 12.4 Å². The van der Waals surface area contributed by atoms with Gasteiger partial charge < -0.3 is 22.1 Å². The maximum absolute atomic E-state index is 11.8. The maximum Gasteiger partial charge on any atom is 0.254 e. The molecule has 1 amide bonds. The SMILES string of the molecule is NC(=O)c1cnc(NCC(N)C2CC2)nc1Nc1cccc(-n2nccn2)c1. The average Bonchev–Trinajstić information content (AvgIpc) is 3.40. The second kappa shape index (κ2) is 7.61. The van der Waals surface area contributed by atoms with Gasteiger partial charge in [-0.3, -0.25) is 4.79 Å². The molecule has 1 fully saturated rings. The number of nitrogens with two attached hydrogens (primary N) is 2. The number of anilines is 3. The molecule has 1 aromatic carbocycles. The van der Waals surface area contributed by atoms with Crippen molar-refractivity contribution in [2.75, 3.05) is 17.2 Å². The van der Waals surface area contributed by atoms with Crippen molar-refractivity contribution in [1.29, 1.82) is 0 Å². The highest BCUT2D eigenvalue weighted by molar-refractivity contribution is 5.98. The Kier molecular flexibility index (Phi) is 4.85. The van der Waals surface area contributed by atoms with Gasteiger partial charge >= 0.3 is 0 Å². The fourth-order valence-corrected chi connectivity index (χ4v) is 2.84. The van der Waals surface area contributed by atoms with E-state index in [1.165, 1.54) is 23.8 Å². The van der Waals surface area contributed by atoms with Crippen molar-refractivity contribution in [3.05, 3.63) is 48.4 Å². The first-order valence-electron chi connectivity index (χ1n) is 9.00. The molecule has 0 bridgehead atoms. The molecule has 1 atom stereocenters. The Morgan fingerprint density at radius 1 is 1.29 bits per heavy atom. The van der Waals surface area contributed by atoms with E-state index in [2.05, 4.69) is 30.8 Å². The summed E-state index contributed by atoms with van der Waals surface area (Å²) < 4.78 is 0. The van der Waals surface area contributed by atoms with Gasteiger partial charge in [0.25, 0.3) is 5.91 Å². The van der Waals surface area contributed by atoms with Gasteiger partial charge in [0.2, 0.25) is 5.95 Å². The highest BCUT2D eigenvalue weighted by Gasteiger charge is 2.28. The molecule has 1 aliphatic carbocycles. The van der Waals surface area contributed by atoms with Gasteiger partial charge in [0, 0.05) is 24.5 Å². The summed E-state index contributed by atoms with van der Waals surface area (Å²) >= 11 is 0. The fourth-order valence-electron chi connectivity index (χ4n) is 2.84. The summed E-state index contributed by atoms with van der Waals surface area (Å²) in [7, 11) is 0. The van der Waals surface area contributed by atoms with Crippen LogP contribution in [0.2, 0.25) is 0 Å². The summed E-state index contributed by atoms with van der Waals surface area (Å²) in [5, 5.41) is 14.5. The summed E-state index contributed by atoms with van der Waals surface area (Å²) in [5.74, 6) is 0.645. The molecule has 0 aliphatic heterocycles. The molecule has 1 saturated carbocycles. The summed E-state index contributed by atoms with van der Waals surface area (Å²) in [4.78, 5) is 21.8. The standard InChI is InChI=1S/C18H21N9O/c19-15(11-4-5-11)10-22-18-21-9-14(16(20)28)17(26-18)25-12-2-1-3-13(8-12)27-23-6-7-24-27/h1-3,6-9,11,15H,4-5,10,19H2,(H2,20,28)(H2,21,22,25,26). The normalized spacial score (nSPS) is 14.5. The van der Waals surface area contributed by atoms with Gasteiger partial charge in [-0.25, -0.2) is 4.98 Å². The van der Waals surface area contributed by atoms with E-state index < -0.39 is 5.91 Å². The molecule has 2 aromatic heterocycles. The van der Waals surface area contributed by atoms with E-state index in [4.69, 9.17) is 11.5 Å². The van der Waals surface area contributed by atoms with Crippen LogP contribution in [0.3, 0.4) is 0 Å². The molecule has 2 heterocycles. The smallest absolute Gasteiger partial charge is 0.254 e. The van der Waals surface area contributed by atoms with Crippen LogP contribution in [0.1, 0.15) is 23.2 Å². The molecule has 1 unspecified atom stereocenters. The third kappa shape index (κ3) is 4.07. The Bertz CT molecular complexity index is 969. The predicted octanol–water partition coefficient (Wildman–Crippen LogP) is 1.05. The zero-order chi connectivity index (χ0) is 19.5. The van der Waals surface area contributed by atoms with Gasteiger partial charge in [0.05, 0.1) is 18.1 Å². The number of hydrogen-bond donors (Lipinski definition) is 4. The van der Waals surface area contributed by atoms with E-state index in [0.29, 0.717) is 29.9 Å². The van der Waals surface area contributed by atoms with Crippen molar-refractivity contribution in [1.82, 2.24) is 25.0 Å². The first kappa shape index (κ1) is 17.9. The molecule has 3 aromatic rings. The maximum atomic E-state index is 11.8. The van der Waals surface area contributed by atoms with E-state index in [-0.39, 0.29) is 11.6 Å². The predicted molar refractivity (Wildman–Crippen MR) is 104 cm³/mol. The van der Waals surface area contributed by atoms with Crippen LogP contribution in [-0.4, -0.2) is 43.5 Å². The van der Waals surface area contributed by atoms with E-state index in [1.807, 2.05) is 24.3 Å². The quantitative estimate of drug-likeness (QED) is 0.453. The lowest BCUT2D eigenvalue weighted by atomic mass is 10.2. The van der Waals surface area contributed by atoms with Crippen LogP contribution in [0.25, 0.3) is 5.69 Å². The van der Waals surface area contributed by atoms with Crippen LogP contribution in [-0.2, 0) is 0 Å². The number of carbonyl (C=O) groups is 1. The summed E-state index contributed by atoms with van der Waals surface area (Å²) in [6.45, 7) is 0.570. The fraction of sp³-hybridized carbons (Fsp3) is 0.278. The largest absolute Gasteiger partial charge is 0.365 e. The van der Waals surface area contributed by atoms with Crippen molar-refractivity contribution in [2.24, 2.45) is 17.4 Å². The zero-order valence-electron chi connectivity index (χ0n) is 15.1. The molecule has 10 heteroatoms. The number of carbonyl (C=O) groups excluding carboxylic acids is 1. The van der Waals surface area contributed by atoms with Crippen molar-refractivity contribution < 1.29 is 4.79 Å². The molecule has 144 valence electrons. The Morgan fingerprint density at radius 2 is 2.07 bits per heavy atom. The molecule has 0 spiro atoms. The van der Waals surface area contributed by atoms with Crippen molar-refractivity contribution >= 4 is 23.4 Å². The summed E-state index contributed by atoms with van der Waals surface area (Å²) in [6.07, 6.45) is 6.93. The van der Waals surface area contributed by atoms with Crippen molar-refractivity contribution in [2.45, 2.75) is 18.9 Å². The van der Waals surface area contributed by atoms with Gasteiger partial charge in [0.1, 0.15) is 11.4 Å². The van der Waals surface area contributed by atoms with E-state index >= 15 is 0 Å². The van der Waals surface area contributed by atoms with Gasteiger partial charge in [-0.2, -0.15) is 20.0 Å². The van der Waals surface area contributed by atoms with Crippen LogP contribution >= 0.6 is 0 Å². The van der Waals surface area contributed by atoms with Gasteiger partial charge in [-0.1, -0.05) is 6.07 Å². The number of nitrogens with zero attached hydrogens (tertiary/aromatic N) is 5. The number of nitrogens with one attached hydrogen (secondary N) is 2. The van der Waals surface area contributed by atoms with Crippen LogP contribution in [0, 0.1) is 5.92 Å². The second-order valence-corrected chi connectivity index (χ2v) is 6.70. The molecular weight excluding hydrogens is 358 g/mol. The highest BCUT2D eigenvalue weighted by atomic mass is 16.1. The lowest BCUT2D eigenvalue weighted by Gasteiger charge is -2.14. The van der Waals surface area contributed by atoms with Crippen LogP contribution in [0.4, 0.5) is 17.5 Å². The van der Waals surface area contributed by atoms with Crippen LogP contribution in [0.15, 0.2) is 42.9 Å². The first-order chi connectivity index (χ1) is 13.6. The van der Waals surface area contributed by atoms with E-state index in [9.17, 15) is 4.79 Å². The molecule has 1 aliphatic rings. The number of rotatable bonds is 8. The number of aromatic nitrogens is 5. The topological polar surface area (TPSA) is 150 Å². The third-order valence-electron chi connectivity index (χ3n) is 4.54. The Labute approximate surface area is 161 Å².